The molecule has 1 aromatic carbocycles. The fourth-order valence-corrected chi connectivity index (χ4v) is 1.27. The monoisotopic (exact) mass is 308 g/mol. The van der Waals surface area contributed by atoms with Crippen molar-refractivity contribution < 1.29 is 19.4 Å². The van der Waals surface area contributed by atoms with Gasteiger partial charge in [-0.05, 0) is 12.1 Å². The van der Waals surface area contributed by atoms with Crippen molar-refractivity contribution in [3.05, 3.63) is 44.9 Å². The molecule has 0 saturated carbocycles. The van der Waals surface area contributed by atoms with Crippen molar-refractivity contribution in [2.75, 3.05) is 6.61 Å². The third kappa shape index (κ3) is 3.91. The highest BCUT2D eigenvalue weighted by atomic mass is 35.5. The van der Waals surface area contributed by atoms with E-state index in [-0.39, 0.29) is 27.3 Å². The second-order valence-corrected chi connectivity index (χ2v) is 4.50. The van der Waals surface area contributed by atoms with E-state index in [1.54, 1.807) is 0 Å². The van der Waals surface area contributed by atoms with Gasteiger partial charge < -0.3 is 9.84 Å². The van der Waals surface area contributed by atoms with Crippen LogP contribution in [-0.4, -0.2) is 23.7 Å². The molecule has 0 aliphatic heterocycles. The highest BCUT2D eigenvalue weighted by Crippen LogP contribution is 2.18. The number of rotatable bonds is 4. The zero-order valence-electron chi connectivity index (χ0n) is 8.82. The number of halogens is 3. The molecule has 0 fully saturated rings. The van der Waals surface area contributed by atoms with Gasteiger partial charge in [0.15, 0.2) is 0 Å². The first kappa shape index (κ1) is 14.8. The zero-order valence-corrected chi connectivity index (χ0v) is 11.1. The normalized spacial score (nSPS) is 9.72. The SMILES string of the molecule is O=C(O)c1ccccc1C(=O)OCC(Cl)=C(Cl)Cl. The van der Waals surface area contributed by atoms with Gasteiger partial charge in [0.1, 0.15) is 11.1 Å². The van der Waals surface area contributed by atoms with Crippen LogP contribution < -0.4 is 0 Å². The first-order chi connectivity index (χ1) is 8.43. The Hall–Kier alpha value is -1.23. The zero-order chi connectivity index (χ0) is 13.7. The minimum Gasteiger partial charge on any atom is -0.478 e. The lowest BCUT2D eigenvalue weighted by atomic mass is 10.1. The summed E-state index contributed by atoms with van der Waals surface area (Å²) in [5.74, 6) is -2.04. The number of ether oxygens (including phenoxy) is 1. The van der Waals surface area contributed by atoms with E-state index in [1.807, 2.05) is 0 Å². The van der Waals surface area contributed by atoms with Crippen LogP contribution in [0.3, 0.4) is 0 Å². The maximum absolute atomic E-state index is 11.6. The molecule has 0 spiro atoms. The number of carboxylic acid groups (broad SMARTS) is 1. The average Bonchev–Trinajstić information content (AvgIpc) is 2.35. The molecule has 0 aromatic heterocycles. The van der Waals surface area contributed by atoms with Crippen molar-refractivity contribution in [1.29, 1.82) is 0 Å². The Morgan fingerprint density at radius 1 is 1.11 bits per heavy atom. The summed E-state index contributed by atoms with van der Waals surface area (Å²) < 4.78 is 4.57. The largest absolute Gasteiger partial charge is 0.478 e. The van der Waals surface area contributed by atoms with Crippen LogP contribution in [0.25, 0.3) is 0 Å². The Balaban J connectivity index is 2.86. The van der Waals surface area contributed by atoms with E-state index in [2.05, 4.69) is 0 Å². The summed E-state index contributed by atoms with van der Waals surface area (Å²) in [7, 11) is 0. The van der Waals surface area contributed by atoms with Gasteiger partial charge in [-0.25, -0.2) is 9.59 Å². The van der Waals surface area contributed by atoms with Crippen LogP contribution in [0.2, 0.25) is 0 Å². The number of hydrogen-bond acceptors (Lipinski definition) is 3. The van der Waals surface area contributed by atoms with Crippen molar-refractivity contribution in [2.24, 2.45) is 0 Å². The number of aromatic carboxylic acids is 1. The van der Waals surface area contributed by atoms with Gasteiger partial charge in [-0.3, -0.25) is 0 Å². The minimum absolute atomic E-state index is 0.0421. The molecule has 18 heavy (non-hydrogen) atoms. The maximum atomic E-state index is 11.6. The summed E-state index contributed by atoms with van der Waals surface area (Å²) in [4.78, 5) is 22.5. The standard InChI is InChI=1S/C11H7Cl3O4/c12-8(9(13)14)5-18-11(17)7-4-2-1-3-6(7)10(15)16/h1-4H,5H2,(H,15,16). The number of carbonyl (C=O) groups excluding carboxylic acids is 1. The second-order valence-electron chi connectivity index (χ2n) is 3.09. The van der Waals surface area contributed by atoms with Gasteiger partial charge in [0, 0.05) is 0 Å². The molecule has 7 heteroatoms. The van der Waals surface area contributed by atoms with Crippen molar-refractivity contribution in [3.8, 4) is 0 Å². The van der Waals surface area contributed by atoms with Crippen LogP contribution in [0.5, 0.6) is 0 Å². The van der Waals surface area contributed by atoms with Crippen LogP contribution in [0, 0.1) is 0 Å². The molecule has 1 rings (SSSR count). The van der Waals surface area contributed by atoms with Crippen molar-refractivity contribution in [2.45, 2.75) is 0 Å². The Labute approximate surface area is 118 Å². The maximum Gasteiger partial charge on any atom is 0.339 e. The lowest BCUT2D eigenvalue weighted by Crippen LogP contribution is -2.12. The van der Waals surface area contributed by atoms with E-state index >= 15 is 0 Å². The number of hydrogen-bond donors (Lipinski definition) is 1. The smallest absolute Gasteiger partial charge is 0.339 e. The summed E-state index contributed by atoms with van der Waals surface area (Å²) >= 11 is 16.3. The minimum atomic E-state index is -1.22. The topological polar surface area (TPSA) is 63.6 Å². The van der Waals surface area contributed by atoms with Gasteiger partial charge in [-0.1, -0.05) is 46.9 Å². The molecule has 0 radical (unpaired) electrons. The van der Waals surface area contributed by atoms with E-state index in [4.69, 9.17) is 44.6 Å². The Bertz CT molecular complexity index is 507. The van der Waals surface area contributed by atoms with Gasteiger partial charge in [-0.15, -0.1) is 0 Å². The van der Waals surface area contributed by atoms with Crippen molar-refractivity contribution in [1.82, 2.24) is 0 Å². The Morgan fingerprint density at radius 2 is 1.67 bits per heavy atom. The summed E-state index contributed by atoms with van der Waals surface area (Å²) in [5.41, 5.74) is -0.222. The van der Waals surface area contributed by atoms with Crippen molar-refractivity contribution >= 4 is 46.7 Å². The van der Waals surface area contributed by atoms with E-state index in [1.165, 1.54) is 24.3 Å². The van der Waals surface area contributed by atoms with Gasteiger partial charge in [0.05, 0.1) is 16.2 Å². The van der Waals surface area contributed by atoms with Crippen LogP contribution in [0.1, 0.15) is 20.7 Å². The molecule has 0 amide bonds. The van der Waals surface area contributed by atoms with Crippen LogP contribution in [0.4, 0.5) is 0 Å². The van der Waals surface area contributed by atoms with Gasteiger partial charge in [-0.2, -0.15) is 0 Å². The summed E-state index contributed by atoms with van der Waals surface area (Å²) in [6.07, 6.45) is 0. The molecule has 0 aliphatic carbocycles. The van der Waals surface area contributed by atoms with E-state index in [0.29, 0.717) is 0 Å². The van der Waals surface area contributed by atoms with Crippen molar-refractivity contribution in [3.63, 3.8) is 0 Å². The van der Waals surface area contributed by atoms with E-state index in [9.17, 15) is 9.59 Å². The molecule has 0 atom stereocenters. The molecule has 1 aromatic rings. The van der Waals surface area contributed by atoms with Gasteiger partial charge in [0.2, 0.25) is 0 Å². The molecule has 0 saturated heterocycles. The summed E-state index contributed by atoms with van der Waals surface area (Å²) in [6, 6.07) is 5.66. The fourth-order valence-electron chi connectivity index (χ4n) is 1.11. The van der Waals surface area contributed by atoms with Crippen LogP contribution in [-0.2, 0) is 4.74 Å². The highest BCUT2D eigenvalue weighted by molar-refractivity contribution is 6.59. The summed E-state index contributed by atoms with van der Waals surface area (Å²) in [6.45, 7) is -0.323. The number of carbonyl (C=O) groups is 2. The molecule has 1 N–H and O–H groups in total. The van der Waals surface area contributed by atoms with E-state index < -0.39 is 11.9 Å². The lowest BCUT2D eigenvalue weighted by molar-refractivity contribution is 0.0533. The third-order valence-electron chi connectivity index (χ3n) is 1.91. The molecule has 0 aliphatic rings. The number of esters is 1. The third-order valence-corrected chi connectivity index (χ3v) is 2.86. The molecule has 0 unspecified atom stereocenters. The first-order valence-corrected chi connectivity index (χ1v) is 5.76. The van der Waals surface area contributed by atoms with Gasteiger partial charge >= 0.3 is 11.9 Å². The number of carboxylic acids is 1. The Morgan fingerprint density at radius 3 is 2.17 bits per heavy atom. The predicted octanol–water partition coefficient (Wildman–Crippen LogP) is 3.43. The molecular formula is C11H7Cl3O4. The summed E-state index contributed by atoms with van der Waals surface area (Å²) in [5, 5.41) is 8.85. The lowest BCUT2D eigenvalue weighted by Gasteiger charge is -2.06. The molecular weight excluding hydrogens is 302 g/mol. The molecule has 96 valence electrons. The number of benzene rings is 1. The fraction of sp³-hybridized carbons (Fsp3) is 0.0909. The first-order valence-electron chi connectivity index (χ1n) is 4.62. The predicted molar refractivity (Wildman–Crippen MR) is 68.3 cm³/mol. The highest BCUT2D eigenvalue weighted by Gasteiger charge is 2.17. The van der Waals surface area contributed by atoms with Crippen LogP contribution >= 0.6 is 34.8 Å². The second kappa shape index (κ2) is 6.64. The molecule has 4 nitrogen and oxygen atoms in total. The quantitative estimate of drug-likeness (QED) is 0.866. The molecule has 0 heterocycles. The molecule has 0 bridgehead atoms. The van der Waals surface area contributed by atoms with E-state index in [0.717, 1.165) is 0 Å². The average molecular weight is 310 g/mol. The van der Waals surface area contributed by atoms with Gasteiger partial charge in [0.25, 0.3) is 0 Å². The Kier molecular flexibility index (Phi) is 5.47. The van der Waals surface area contributed by atoms with Crippen LogP contribution in [0.15, 0.2) is 33.8 Å².